The van der Waals surface area contributed by atoms with Crippen LogP contribution in [0.25, 0.3) is 6.08 Å². The van der Waals surface area contributed by atoms with Crippen LogP contribution >= 0.6 is 15.9 Å². The fourth-order valence-electron chi connectivity index (χ4n) is 3.89. The van der Waals surface area contributed by atoms with Gasteiger partial charge in [-0.15, -0.1) is 0 Å². The molecule has 0 atom stereocenters. The van der Waals surface area contributed by atoms with Crippen molar-refractivity contribution in [2.75, 3.05) is 11.5 Å². The van der Waals surface area contributed by atoms with Crippen molar-refractivity contribution in [3.63, 3.8) is 0 Å². The zero-order valence-corrected chi connectivity index (χ0v) is 23.1. The molecule has 4 amide bonds. The van der Waals surface area contributed by atoms with Crippen LogP contribution in [0, 0.1) is 13.8 Å². The zero-order chi connectivity index (χ0) is 27.2. The van der Waals surface area contributed by atoms with Gasteiger partial charge in [0.1, 0.15) is 23.7 Å². The SMILES string of the molecule is CCCCOc1ccc(N2C(=O)NC(=O)/C(=C/c3cc(Br)ccc3OCc3ccc(C)c(C)c3)C2=O)cc1. The third-order valence-electron chi connectivity index (χ3n) is 6.20. The van der Waals surface area contributed by atoms with Gasteiger partial charge in [-0.1, -0.05) is 47.5 Å². The highest BCUT2D eigenvalue weighted by Crippen LogP contribution is 2.29. The lowest BCUT2D eigenvalue weighted by Crippen LogP contribution is -2.54. The molecule has 1 heterocycles. The summed E-state index contributed by atoms with van der Waals surface area (Å²) in [6, 6.07) is 17.3. The number of nitrogens with one attached hydrogen (secondary N) is 1. The number of aryl methyl sites for hydroxylation is 2. The van der Waals surface area contributed by atoms with E-state index in [1.54, 1.807) is 36.4 Å². The number of benzene rings is 3. The van der Waals surface area contributed by atoms with E-state index in [4.69, 9.17) is 9.47 Å². The van der Waals surface area contributed by atoms with Crippen LogP contribution in [0.15, 0.2) is 70.7 Å². The highest BCUT2D eigenvalue weighted by atomic mass is 79.9. The van der Waals surface area contributed by atoms with E-state index < -0.39 is 17.8 Å². The number of barbiturate groups is 1. The molecule has 0 unspecified atom stereocenters. The molecule has 0 aliphatic carbocycles. The number of urea groups is 1. The first-order chi connectivity index (χ1) is 18.3. The van der Waals surface area contributed by atoms with Crippen molar-refractivity contribution >= 4 is 45.5 Å². The maximum absolute atomic E-state index is 13.4. The molecule has 0 saturated carbocycles. The Hall–Kier alpha value is -3.91. The molecule has 0 spiro atoms. The van der Waals surface area contributed by atoms with Crippen molar-refractivity contribution in [2.45, 2.75) is 40.2 Å². The summed E-state index contributed by atoms with van der Waals surface area (Å²) < 4.78 is 12.5. The fraction of sp³-hybridized carbons (Fsp3) is 0.233. The number of anilines is 1. The number of unbranched alkanes of at least 4 members (excludes halogenated alkanes) is 1. The molecule has 1 aliphatic heterocycles. The second-order valence-electron chi connectivity index (χ2n) is 9.04. The second kappa shape index (κ2) is 12.1. The van der Waals surface area contributed by atoms with E-state index in [1.165, 1.54) is 17.2 Å². The number of nitrogens with zero attached hydrogens (tertiary/aromatic N) is 1. The number of amides is 4. The van der Waals surface area contributed by atoms with Crippen molar-refractivity contribution in [1.29, 1.82) is 0 Å². The van der Waals surface area contributed by atoms with Crippen LogP contribution in [-0.2, 0) is 16.2 Å². The molecular formula is C30H29BrN2O5. The fourth-order valence-corrected chi connectivity index (χ4v) is 4.27. The summed E-state index contributed by atoms with van der Waals surface area (Å²) in [4.78, 5) is 39.7. The average molecular weight is 577 g/mol. The third kappa shape index (κ3) is 6.31. The number of imide groups is 2. The lowest BCUT2D eigenvalue weighted by Gasteiger charge is -2.26. The normalized spacial score (nSPS) is 14.6. The van der Waals surface area contributed by atoms with E-state index in [1.807, 2.05) is 25.1 Å². The predicted octanol–water partition coefficient (Wildman–Crippen LogP) is 6.49. The smallest absolute Gasteiger partial charge is 0.335 e. The number of carbonyl (C=O) groups excluding carboxylic acids is 3. The van der Waals surface area contributed by atoms with Crippen LogP contribution < -0.4 is 19.7 Å². The Labute approximate surface area is 230 Å². The van der Waals surface area contributed by atoms with Gasteiger partial charge in [-0.25, -0.2) is 9.69 Å². The molecule has 38 heavy (non-hydrogen) atoms. The van der Waals surface area contributed by atoms with Gasteiger partial charge in [-0.2, -0.15) is 0 Å². The molecule has 0 bridgehead atoms. The minimum absolute atomic E-state index is 0.179. The second-order valence-corrected chi connectivity index (χ2v) is 9.96. The monoisotopic (exact) mass is 576 g/mol. The Kier molecular flexibility index (Phi) is 8.63. The van der Waals surface area contributed by atoms with E-state index in [0.29, 0.717) is 36.0 Å². The largest absolute Gasteiger partial charge is 0.494 e. The number of ether oxygens (including phenoxy) is 2. The van der Waals surface area contributed by atoms with E-state index in [9.17, 15) is 14.4 Å². The first kappa shape index (κ1) is 27.1. The van der Waals surface area contributed by atoms with Crippen LogP contribution in [0.1, 0.15) is 42.0 Å². The standard InChI is InChI=1S/C30H29BrN2O5/c1-4-5-14-37-25-11-9-24(10-12-25)33-29(35)26(28(34)32-30(33)36)17-22-16-23(31)8-13-27(22)38-18-21-7-6-19(2)20(3)15-21/h6-13,15-17H,4-5,14,18H2,1-3H3,(H,32,34,36)/b26-17-. The molecule has 8 heteroatoms. The van der Waals surface area contributed by atoms with Gasteiger partial charge < -0.3 is 9.47 Å². The predicted molar refractivity (Wildman–Crippen MR) is 150 cm³/mol. The van der Waals surface area contributed by atoms with Gasteiger partial charge in [0.05, 0.1) is 12.3 Å². The Morgan fingerprint density at radius 2 is 1.68 bits per heavy atom. The summed E-state index contributed by atoms with van der Waals surface area (Å²) >= 11 is 3.45. The summed E-state index contributed by atoms with van der Waals surface area (Å²) in [5, 5.41) is 2.26. The van der Waals surface area contributed by atoms with E-state index in [2.05, 4.69) is 41.2 Å². The first-order valence-corrected chi connectivity index (χ1v) is 13.2. The molecule has 1 aliphatic rings. The van der Waals surface area contributed by atoms with Gasteiger partial charge >= 0.3 is 6.03 Å². The molecule has 0 aromatic heterocycles. The van der Waals surface area contributed by atoms with Crippen molar-refractivity contribution in [3.8, 4) is 11.5 Å². The summed E-state index contributed by atoms with van der Waals surface area (Å²) in [5.41, 5.74) is 4.04. The molecule has 1 fully saturated rings. The van der Waals surface area contributed by atoms with Crippen LogP contribution in [0.4, 0.5) is 10.5 Å². The molecule has 1 saturated heterocycles. The van der Waals surface area contributed by atoms with Gasteiger partial charge in [0.2, 0.25) is 0 Å². The highest BCUT2D eigenvalue weighted by Gasteiger charge is 2.37. The number of hydrogen-bond acceptors (Lipinski definition) is 5. The molecule has 3 aromatic rings. The van der Waals surface area contributed by atoms with Crippen LogP contribution in [0.3, 0.4) is 0 Å². The molecule has 4 rings (SSSR count). The highest BCUT2D eigenvalue weighted by molar-refractivity contribution is 9.10. The number of carbonyl (C=O) groups is 3. The molecular weight excluding hydrogens is 548 g/mol. The lowest BCUT2D eigenvalue weighted by atomic mass is 10.1. The maximum Gasteiger partial charge on any atom is 0.335 e. The number of hydrogen-bond donors (Lipinski definition) is 1. The quantitative estimate of drug-likeness (QED) is 0.179. The topological polar surface area (TPSA) is 84.9 Å². The zero-order valence-electron chi connectivity index (χ0n) is 21.5. The van der Waals surface area contributed by atoms with Crippen LogP contribution in [0.5, 0.6) is 11.5 Å². The van der Waals surface area contributed by atoms with Gasteiger partial charge in [0, 0.05) is 10.0 Å². The van der Waals surface area contributed by atoms with Crippen molar-refractivity contribution in [3.05, 3.63) is 93.0 Å². The minimum atomic E-state index is -0.808. The van der Waals surface area contributed by atoms with Crippen LogP contribution in [-0.4, -0.2) is 24.5 Å². The number of rotatable bonds is 9. The van der Waals surface area contributed by atoms with Gasteiger partial charge in [-0.3, -0.25) is 14.9 Å². The summed E-state index contributed by atoms with van der Waals surface area (Å²) in [6.07, 6.45) is 3.39. The molecule has 0 radical (unpaired) electrons. The summed E-state index contributed by atoms with van der Waals surface area (Å²) in [6.45, 7) is 7.07. The Morgan fingerprint density at radius 3 is 2.39 bits per heavy atom. The van der Waals surface area contributed by atoms with Gasteiger partial charge in [-0.05, 0) is 85.5 Å². The lowest BCUT2D eigenvalue weighted by molar-refractivity contribution is -0.122. The Morgan fingerprint density at radius 1 is 0.921 bits per heavy atom. The van der Waals surface area contributed by atoms with Crippen molar-refractivity contribution in [1.82, 2.24) is 5.32 Å². The average Bonchev–Trinajstić information content (AvgIpc) is 2.89. The summed E-state index contributed by atoms with van der Waals surface area (Å²) in [5.74, 6) is -0.357. The summed E-state index contributed by atoms with van der Waals surface area (Å²) in [7, 11) is 0. The third-order valence-corrected chi connectivity index (χ3v) is 6.69. The Balaban J connectivity index is 1.59. The molecule has 196 valence electrons. The Bertz CT molecular complexity index is 1400. The number of halogens is 1. The van der Waals surface area contributed by atoms with E-state index in [0.717, 1.165) is 27.8 Å². The maximum atomic E-state index is 13.4. The van der Waals surface area contributed by atoms with E-state index in [-0.39, 0.29) is 5.57 Å². The van der Waals surface area contributed by atoms with Gasteiger partial charge in [0.25, 0.3) is 11.8 Å². The molecule has 7 nitrogen and oxygen atoms in total. The van der Waals surface area contributed by atoms with Crippen molar-refractivity contribution < 1.29 is 23.9 Å². The van der Waals surface area contributed by atoms with E-state index >= 15 is 0 Å². The van der Waals surface area contributed by atoms with Gasteiger partial charge in [0.15, 0.2) is 0 Å². The minimum Gasteiger partial charge on any atom is -0.494 e. The molecule has 3 aromatic carbocycles. The first-order valence-electron chi connectivity index (χ1n) is 12.4. The molecule has 1 N–H and O–H groups in total. The van der Waals surface area contributed by atoms with Crippen LogP contribution in [0.2, 0.25) is 0 Å². The van der Waals surface area contributed by atoms with Crippen molar-refractivity contribution in [2.24, 2.45) is 0 Å².